The van der Waals surface area contributed by atoms with Crippen molar-refractivity contribution in [3.05, 3.63) is 65.0 Å². The Labute approximate surface area is 95.0 Å². The molecule has 2 nitrogen and oxygen atoms in total. The quantitative estimate of drug-likeness (QED) is 0.715. The van der Waals surface area contributed by atoms with Crippen molar-refractivity contribution in [2.24, 2.45) is 0 Å². The maximum atomic E-state index is 12.1. The molecule has 0 radical (unpaired) electrons. The fraction of sp³-hybridized carbons (Fsp3) is 0.143. The highest BCUT2D eigenvalue weighted by Gasteiger charge is 2.08. The molecule has 1 aromatic heterocycles. The van der Waals surface area contributed by atoms with E-state index in [1.54, 1.807) is 12.3 Å². The maximum Gasteiger partial charge on any atom is 0.193 e. The first-order valence-electron chi connectivity index (χ1n) is 5.21. The minimum Gasteiger partial charge on any atom is -0.289 e. The summed E-state index contributed by atoms with van der Waals surface area (Å²) in [7, 11) is 0. The zero-order valence-corrected chi connectivity index (χ0v) is 9.40. The lowest BCUT2D eigenvalue weighted by atomic mass is 10.0. The Morgan fingerprint density at radius 1 is 1.00 bits per heavy atom. The molecule has 1 heterocycles. The Kier molecular flexibility index (Phi) is 2.82. The fourth-order valence-electron chi connectivity index (χ4n) is 1.56. The number of hydrogen-bond acceptors (Lipinski definition) is 2. The normalized spacial score (nSPS) is 10.1. The topological polar surface area (TPSA) is 30.0 Å². The van der Waals surface area contributed by atoms with E-state index in [9.17, 15) is 4.79 Å². The van der Waals surface area contributed by atoms with E-state index in [4.69, 9.17) is 0 Å². The lowest BCUT2D eigenvalue weighted by molar-refractivity contribution is 0.103. The summed E-state index contributed by atoms with van der Waals surface area (Å²) >= 11 is 0. The third-order valence-corrected chi connectivity index (χ3v) is 2.47. The molecule has 0 unspecified atom stereocenters. The number of hydrogen-bond donors (Lipinski definition) is 0. The van der Waals surface area contributed by atoms with Gasteiger partial charge < -0.3 is 0 Å². The molecule has 0 N–H and O–H groups in total. The Morgan fingerprint density at radius 3 is 2.31 bits per heavy atom. The van der Waals surface area contributed by atoms with Crippen molar-refractivity contribution in [2.45, 2.75) is 13.8 Å². The number of carbonyl (C=O) groups excluding carboxylic acids is 1. The van der Waals surface area contributed by atoms with E-state index < -0.39 is 0 Å². The highest BCUT2D eigenvalue weighted by Crippen LogP contribution is 2.11. The molecule has 0 aliphatic carbocycles. The zero-order valence-electron chi connectivity index (χ0n) is 9.40. The van der Waals surface area contributed by atoms with Crippen LogP contribution >= 0.6 is 0 Å². The zero-order chi connectivity index (χ0) is 11.5. The second-order valence-corrected chi connectivity index (χ2v) is 3.88. The lowest BCUT2D eigenvalue weighted by Gasteiger charge is -2.02. The predicted octanol–water partition coefficient (Wildman–Crippen LogP) is 2.93. The van der Waals surface area contributed by atoms with Crippen molar-refractivity contribution in [1.82, 2.24) is 4.98 Å². The largest absolute Gasteiger partial charge is 0.289 e. The molecule has 2 rings (SSSR count). The summed E-state index contributed by atoms with van der Waals surface area (Å²) in [4.78, 5) is 16.2. The average Bonchev–Trinajstić information content (AvgIpc) is 2.29. The number of nitrogens with zero attached hydrogens (tertiary/aromatic N) is 1. The molecule has 0 saturated heterocycles. The number of ketones is 1. The average molecular weight is 211 g/mol. The van der Waals surface area contributed by atoms with Crippen LogP contribution in [0.1, 0.15) is 27.2 Å². The Balaban J connectivity index is 2.35. The first-order valence-corrected chi connectivity index (χ1v) is 5.21. The second kappa shape index (κ2) is 4.27. The number of aromatic nitrogens is 1. The van der Waals surface area contributed by atoms with Gasteiger partial charge in [0.1, 0.15) is 0 Å². The Hall–Kier alpha value is -1.96. The van der Waals surface area contributed by atoms with Crippen LogP contribution in [0, 0.1) is 13.8 Å². The molecule has 0 fully saturated rings. The van der Waals surface area contributed by atoms with Gasteiger partial charge in [-0.3, -0.25) is 9.78 Å². The van der Waals surface area contributed by atoms with Gasteiger partial charge in [-0.2, -0.15) is 0 Å². The van der Waals surface area contributed by atoms with Crippen molar-refractivity contribution >= 4 is 5.78 Å². The molecule has 1 aromatic carbocycles. The van der Waals surface area contributed by atoms with E-state index in [0.29, 0.717) is 5.56 Å². The SMILES string of the molecule is Cc1ccc(C(=O)c2ccnc(C)c2)cc1. The highest BCUT2D eigenvalue weighted by molar-refractivity contribution is 6.08. The number of benzene rings is 1. The predicted molar refractivity (Wildman–Crippen MR) is 63.6 cm³/mol. The van der Waals surface area contributed by atoms with Gasteiger partial charge in [-0.1, -0.05) is 29.8 Å². The highest BCUT2D eigenvalue weighted by atomic mass is 16.1. The number of rotatable bonds is 2. The van der Waals surface area contributed by atoms with Crippen LogP contribution in [-0.4, -0.2) is 10.8 Å². The summed E-state index contributed by atoms with van der Waals surface area (Å²) in [6, 6.07) is 11.2. The van der Waals surface area contributed by atoms with Gasteiger partial charge in [0, 0.05) is 23.0 Å². The molecule has 0 saturated carbocycles. The van der Waals surface area contributed by atoms with E-state index in [-0.39, 0.29) is 5.78 Å². The van der Waals surface area contributed by atoms with Crippen LogP contribution in [0.25, 0.3) is 0 Å². The van der Waals surface area contributed by atoms with Crippen LogP contribution in [0.3, 0.4) is 0 Å². The Morgan fingerprint density at radius 2 is 1.69 bits per heavy atom. The van der Waals surface area contributed by atoms with Crippen molar-refractivity contribution in [2.75, 3.05) is 0 Å². The van der Waals surface area contributed by atoms with Gasteiger partial charge in [-0.05, 0) is 26.0 Å². The van der Waals surface area contributed by atoms with Crippen LogP contribution in [-0.2, 0) is 0 Å². The third-order valence-electron chi connectivity index (χ3n) is 2.47. The van der Waals surface area contributed by atoms with Crippen molar-refractivity contribution in [3.8, 4) is 0 Å². The molecule has 80 valence electrons. The van der Waals surface area contributed by atoms with Gasteiger partial charge in [0.25, 0.3) is 0 Å². The van der Waals surface area contributed by atoms with Crippen molar-refractivity contribution < 1.29 is 4.79 Å². The minimum absolute atomic E-state index is 0.0468. The molecule has 0 amide bonds. The molecule has 0 bridgehead atoms. The minimum atomic E-state index is 0.0468. The molecular formula is C14H13NO. The van der Waals surface area contributed by atoms with Crippen LogP contribution in [0.2, 0.25) is 0 Å². The molecule has 0 aliphatic heterocycles. The summed E-state index contributed by atoms with van der Waals surface area (Å²) in [5.41, 5.74) is 3.42. The molecule has 0 atom stereocenters. The summed E-state index contributed by atoms with van der Waals surface area (Å²) in [5, 5.41) is 0. The lowest BCUT2D eigenvalue weighted by Crippen LogP contribution is -2.01. The molecule has 16 heavy (non-hydrogen) atoms. The first-order chi connectivity index (χ1) is 7.66. The van der Waals surface area contributed by atoms with Crippen LogP contribution in [0.4, 0.5) is 0 Å². The first kappa shape index (κ1) is 10.6. The van der Waals surface area contributed by atoms with Crippen LogP contribution < -0.4 is 0 Å². The molecular weight excluding hydrogens is 198 g/mol. The smallest absolute Gasteiger partial charge is 0.193 e. The summed E-state index contributed by atoms with van der Waals surface area (Å²) in [6.07, 6.45) is 1.66. The number of pyridine rings is 1. The summed E-state index contributed by atoms with van der Waals surface area (Å²) in [5.74, 6) is 0.0468. The van der Waals surface area contributed by atoms with E-state index in [0.717, 1.165) is 16.8 Å². The monoisotopic (exact) mass is 211 g/mol. The standard InChI is InChI=1S/C14H13NO/c1-10-3-5-12(6-4-10)14(16)13-7-8-15-11(2)9-13/h3-9H,1-2H3. The van der Waals surface area contributed by atoms with Crippen molar-refractivity contribution in [3.63, 3.8) is 0 Å². The maximum absolute atomic E-state index is 12.1. The molecule has 0 aliphatic rings. The fourth-order valence-corrected chi connectivity index (χ4v) is 1.56. The van der Waals surface area contributed by atoms with Gasteiger partial charge in [0.2, 0.25) is 0 Å². The Bertz CT molecular complexity index is 515. The van der Waals surface area contributed by atoms with Crippen LogP contribution in [0.5, 0.6) is 0 Å². The molecule has 0 spiro atoms. The summed E-state index contributed by atoms with van der Waals surface area (Å²) in [6.45, 7) is 3.89. The number of aryl methyl sites for hydroxylation is 2. The molecule has 2 aromatic rings. The van der Waals surface area contributed by atoms with Gasteiger partial charge in [0.05, 0.1) is 0 Å². The van der Waals surface area contributed by atoms with E-state index in [1.165, 1.54) is 0 Å². The second-order valence-electron chi connectivity index (χ2n) is 3.88. The molecule has 2 heteroatoms. The number of carbonyl (C=O) groups is 1. The van der Waals surface area contributed by atoms with Crippen molar-refractivity contribution in [1.29, 1.82) is 0 Å². The van der Waals surface area contributed by atoms with E-state index >= 15 is 0 Å². The van der Waals surface area contributed by atoms with Gasteiger partial charge >= 0.3 is 0 Å². The van der Waals surface area contributed by atoms with Gasteiger partial charge in [0.15, 0.2) is 5.78 Å². The van der Waals surface area contributed by atoms with E-state index in [2.05, 4.69) is 4.98 Å². The van der Waals surface area contributed by atoms with Gasteiger partial charge in [-0.25, -0.2) is 0 Å². The summed E-state index contributed by atoms with van der Waals surface area (Å²) < 4.78 is 0. The van der Waals surface area contributed by atoms with Gasteiger partial charge in [-0.15, -0.1) is 0 Å². The van der Waals surface area contributed by atoms with Crippen LogP contribution in [0.15, 0.2) is 42.6 Å². The van der Waals surface area contributed by atoms with E-state index in [1.807, 2.05) is 44.2 Å². The third kappa shape index (κ3) is 2.16.